The van der Waals surface area contributed by atoms with Gasteiger partial charge in [0.15, 0.2) is 0 Å². The number of hydrogen-bond donors (Lipinski definition) is 2. The largest absolute Gasteiger partial charge is 0.394 e. The van der Waals surface area contributed by atoms with Gasteiger partial charge in [0, 0.05) is 7.11 Å². The van der Waals surface area contributed by atoms with Crippen LogP contribution in [0.15, 0.2) is 18.2 Å². The number of carbonyl (C=O) groups is 1. The van der Waals surface area contributed by atoms with Crippen LogP contribution in [-0.4, -0.2) is 37.4 Å². The van der Waals surface area contributed by atoms with Gasteiger partial charge in [-0.1, -0.05) is 17.7 Å². The molecule has 0 aliphatic carbocycles. The molecule has 17 heavy (non-hydrogen) atoms. The smallest absolute Gasteiger partial charge is 0.253 e. The summed E-state index contributed by atoms with van der Waals surface area (Å²) in [7, 11) is 1.51. The number of hydrogen-bond acceptors (Lipinski definition) is 3. The highest BCUT2D eigenvalue weighted by molar-refractivity contribution is 6.33. The normalized spacial score (nSPS) is 12.2. The first-order valence-corrected chi connectivity index (χ1v) is 5.63. The van der Waals surface area contributed by atoms with Crippen molar-refractivity contribution in [2.45, 2.75) is 13.0 Å². The van der Waals surface area contributed by atoms with Crippen LogP contribution < -0.4 is 5.32 Å². The number of aliphatic hydroxyl groups excluding tert-OH is 1. The van der Waals surface area contributed by atoms with E-state index in [0.29, 0.717) is 10.6 Å². The lowest BCUT2D eigenvalue weighted by Gasteiger charge is -2.15. The zero-order valence-corrected chi connectivity index (χ0v) is 10.6. The van der Waals surface area contributed by atoms with Crippen molar-refractivity contribution in [3.8, 4) is 0 Å². The van der Waals surface area contributed by atoms with Crippen molar-refractivity contribution in [2.75, 3.05) is 20.3 Å². The van der Waals surface area contributed by atoms with Crippen molar-refractivity contribution in [1.29, 1.82) is 0 Å². The molecule has 1 aromatic rings. The van der Waals surface area contributed by atoms with Crippen molar-refractivity contribution >= 4 is 17.5 Å². The molecule has 0 saturated heterocycles. The average Bonchev–Trinajstić information content (AvgIpc) is 2.28. The van der Waals surface area contributed by atoms with Gasteiger partial charge < -0.3 is 15.2 Å². The number of benzene rings is 1. The molecule has 0 fully saturated rings. The molecule has 1 amide bonds. The van der Waals surface area contributed by atoms with E-state index in [2.05, 4.69) is 5.32 Å². The van der Waals surface area contributed by atoms with Gasteiger partial charge in [-0.25, -0.2) is 0 Å². The number of aliphatic hydroxyl groups is 1. The molecule has 0 saturated carbocycles. The van der Waals surface area contributed by atoms with E-state index in [1.165, 1.54) is 7.11 Å². The summed E-state index contributed by atoms with van der Waals surface area (Å²) in [6.45, 7) is 1.98. The first-order chi connectivity index (χ1) is 8.08. The van der Waals surface area contributed by atoms with E-state index in [-0.39, 0.29) is 19.1 Å². The Kier molecular flexibility index (Phi) is 5.41. The van der Waals surface area contributed by atoms with E-state index in [1.807, 2.05) is 13.0 Å². The summed E-state index contributed by atoms with van der Waals surface area (Å²) >= 11 is 5.97. The van der Waals surface area contributed by atoms with E-state index >= 15 is 0 Å². The van der Waals surface area contributed by atoms with Gasteiger partial charge in [-0.2, -0.15) is 0 Å². The molecule has 4 nitrogen and oxygen atoms in total. The van der Waals surface area contributed by atoms with Crippen LogP contribution in [-0.2, 0) is 4.74 Å². The van der Waals surface area contributed by atoms with Crippen LogP contribution in [0.25, 0.3) is 0 Å². The zero-order valence-electron chi connectivity index (χ0n) is 9.87. The van der Waals surface area contributed by atoms with Crippen LogP contribution in [0.5, 0.6) is 0 Å². The third-order valence-electron chi connectivity index (χ3n) is 2.29. The Hall–Kier alpha value is -1.10. The molecule has 1 rings (SSSR count). The summed E-state index contributed by atoms with van der Waals surface area (Å²) < 4.78 is 4.87. The highest BCUT2D eigenvalue weighted by Gasteiger charge is 2.15. The number of ether oxygens (including phenoxy) is 1. The van der Waals surface area contributed by atoms with E-state index < -0.39 is 6.04 Å². The fourth-order valence-electron chi connectivity index (χ4n) is 1.41. The third-order valence-corrected chi connectivity index (χ3v) is 2.61. The average molecular weight is 258 g/mol. The molecule has 0 aromatic heterocycles. The molecule has 94 valence electrons. The maximum absolute atomic E-state index is 11.9. The lowest BCUT2D eigenvalue weighted by molar-refractivity contribution is 0.0840. The van der Waals surface area contributed by atoms with Crippen LogP contribution >= 0.6 is 11.6 Å². The Balaban J connectivity index is 2.75. The minimum absolute atomic E-state index is 0.178. The van der Waals surface area contributed by atoms with E-state index in [4.69, 9.17) is 21.4 Å². The summed E-state index contributed by atoms with van der Waals surface area (Å²) in [5.74, 6) is -0.314. The quantitative estimate of drug-likeness (QED) is 0.838. The lowest BCUT2D eigenvalue weighted by atomic mass is 10.1. The molecular formula is C12H16ClNO3. The second-order valence-electron chi connectivity index (χ2n) is 3.79. The van der Waals surface area contributed by atoms with Crippen LogP contribution in [0.1, 0.15) is 15.9 Å². The van der Waals surface area contributed by atoms with Crippen molar-refractivity contribution in [3.63, 3.8) is 0 Å². The number of methoxy groups -OCH3 is 1. The lowest BCUT2D eigenvalue weighted by Crippen LogP contribution is -2.40. The molecule has 5 heteroatoms. The molecule has 0 bridgehead atoms. The molecular weight excluding hydrogens is 242 g/mol. The van der Waals surface area contributed by atoms with E-state index in [9.17, 15) is 4.79 Å². The molecule has 1 unspecified atom stereocenters. The third kappa shape index (κ3) is 4.00. The Bertz CT molecular complexity index is 395. The van der Waals surface area contributed by atoms with Gasteiger partial charge >= 0.3 is 0 Å². The fraction of sp³-hybridized carbons (Fsp3) is 0.417. The molecule has 0 heterocycles. The second kappa shape index (κ2) is 6.59. The number of carbonyl (C=O) groups excluding carboxylic acids is 1. The number of nitrogens with one attached hydrogen (secondary N) is 1. The van der Waals surface area contributed by atoms with Gasteiger partial charge in [-0.05, 0) is 24.6 Å². The number of aryl methyl sites for hydroxylation is 1. The van der Waals surface area contributed by atoms with Gasteiger partial charge in [0.2, 0.25) is 0 Å². The molecule has 1 atom stereocenters. The molecule has 0 radical (unpaired) electrons. The number of amides is 1. The van der Waals surface area contributed by atoms with Crippen molar-refractivity contribution < 1.29 is 14.6 Å². The summed E-state index contributed by atoms with van der Waals surface area (Å²) in [5.41, 5.74) is 1.38. The van der Waals surface area contributed by atoms with E-state index in [0.717, 1.165) is 5.56 Å². The summed E-state index contributed by atoms with van der Waals surface area (Å²) in [5, 5.41) is 12.1. The Morgan fingerprint density at radius 1 is 1.59 bits per heavy atom. The van der Waals surface area contributed by atoms with Crippen molar-refractivity contribution in [3.05, 3.63) is 34.3 Å². The number of halogens is 1. The van der Waals surface area contributed by atoms with Crippen molar-refractivity contribution in [2.24, 2.45) is 0 Å². The molecule has 0 spiro atoms. The molecule has 0 aliphatic rings. The SMILES string of the molecule is COCC(CO)NC(=O)c1ccc(C)cc1Cl. The van der Waals surface area contributed by atoms with Gasteiger partial charge in [-0.3, -0.25) is 4.79 Å². The molecule has 2 N–H and O–H groups in total. The van der Waals surface area contributed by atoms with E-state index in [1.54, 1.807) is 12.1 Å². The van der Waals surface area contributed by atoms with Crippen LogP contribution in [0.4, 0.5) is 0 Å². The topological polar surface area (TPSA) is 58.6 Å². The minimum Gasteiger partial charge on any atom is -0.394 e. The molecule has 0 aliphatic heterocycles. The highest BCUT2D eigenvalue weighted by Crippen LogP contribution is 2.17. The monoisotopic (exact) mass is 257 g/mol. The molecule has 1 aromatic carbocycles. The standard InChI is InChI=1S/C12H16ClNO3/c1-8-3-4-10(11(13)5-8)12(16)14-9(6-15)7-17-2/h3-5,9,15H,6-7H2,1-2H3,(H,14,16). The number of rotatable bonds is 5. The fourth-order valence-corrected chi connectivity index (χ4v) is 1.73. The first-order valence-electron chi connectivity index (χ1n) is 5.25. The second-order valence-corrected chi connectivity index (χ2v) is 4.20. The van der Waals surface area contributed by atoms with Crippen molar-refractivity contribution in [1.82, 2.24) is 5.32 Å². The summed E-state index contributed by atoms with van der Waals surface area (Å²) in [6, 6.07) is 4.77. The predicted octanol–water partition coefficient (Wildman–Crippen LogP) is 1.39. The van der Waals surface area contributed by atoms with Gasteiger partial charge in [0.1, 0.15) is 0 Å². The van der Waals surface area contributed by atoms with Crippen LogP contribution in [0.2, 0.25) is 5.02 Å². The van der Waals surface area contributed by atoms with Crippen LogP contribution in [0, 0.1) is 6.92 Å². The minimum atomic E-state index is -0.426. The Morgan fingerprint density at radius 2 is 2.29 bits per heavy atom. The van der Waals surface area contributed by atoms with Gasteiger partial charge in [-0.15, -0.1) is 0 Å². The zero-order chi connectivity index (χ0) is 12.8. The van der Waals surface area contributed by atoms with Crippen LogP contribution in [0.3, 0.4) is 0 Å². The van der Waals surface area contributed by atoms with Gasteiger partial charge in [0.25, 0.3) is 5.91 Å². The van der Waals surface area contributed by atoms with Gasteiger partial charge in [0.05, 0.1) is 29.8 Å². The Morgan fingerprint density at radius 3 is 2.82 bits per heavy atom. The highest BCUT2D eigenvalue weighted by atomic mass is 35.5. The maximum atomic E-state index is 11.9. The Labute approximate surface area is 106 Å². The summed E-state index contributed by atoms with van der Waals surface area (Å²) in [4.78, 5) is 11.9. The predicted molar refractivity (Wildman–Crippen MR) is 66.4 cm³/mol. The summed E-state index contributed by atoms with van der Waals surface area (Å²) in [6.07, 6.45) is 0. The maximum Gasteiger partial charge on any atom is 0.253 e. The first kappa shape index (κ1) is 14.0.